The molecule has 0 amide bonds. The zero-order valence-electron chi connectivity index (χ0n) is 14.7. The molecule has 1 aliphatic carbocycles. The first kappa shape index (κ1) is 22.6. The van der Waals surface area contributed by atoms with E-state index in [4.69, 9.17) is 9.84 Å². The van der Waals surface area contributed by atoms with E-state index in [1.54, 1.807) is 12.1 Å². The quantitative estimate of drug-likeness (QED) is 0.125. The van der Waals surface area contributed by atoms with Gasteiger partial charge in [0, 0.05) is 24.7 Å². The topological polar surface area (TPSA) is 109 Å². The number of guanidine groups is 1. The van der Waals surface area contributed by atoms with Crippen molar-refractivity contribution in [3.05, 3.63) is 39.9 Å². The first-order valence-corrected chi connectivity index (χ1v) is 8.66. The first-order chi connectivity index (χ1) is 12.2. The summed E-state index contributed by atoms with van der Waals surface area (Å²) in [4.78, 5) is 14.9. The molecular weight excluding hydrogens is 451 g/mol. The minimum Gasteiger partial charge on any atom is -0.394 e. The summed E-state index contributed by atoms with van der Waals surface area (Å²) in [6.45, 7) is 1.87. The van der Waals surface area contributed by atoms with Gasteiger partial charge in [-0.2, -0.15) is 0 Å². The van der Waals surface area contributed by atoms with Crippen LogP contribution >= 0.6 is 24.0 Å². The maximum absolute atomic E-state index is 10.7. The van der Waals surface area contributed by atoms with Crippen LogP contribution in [0.15, 0.2) is 29.3 Å². The van der Waals surface area contributed by atoms with Crippen LogP contribution in [0.1, 0.15) is 31.2 Å². The molecule has 0 aromatic heterocycles. The zero-order chi connectivity index (χ0) is 17.9. The molecule has 1 saturated carbocycles. The molecule has 0 bridgehead atoms. The Labute approximate surface area is 170 Å². The van der Waals surface area contributed by atoms with Crippen LogP contribution in [0.5, 0.6) is 0 Å². The molecule has 146 valence electrons. The van der Waals surface area contributed by atoms with Gasteiger partial charge in [-0.25, -0.2) is 4.99 Å². The number of nitrogens with zero attached hydrogens (tertiary/aromatic N) is 2. The summed E-state index contributed by atoms with van der Waals surface area (Å²) in [7, 11) is 0. The number of hydrogen-bond donors (Lipinski definition) is 3. The molecule has 26 heavy (non-hydrogen) atoms. The Morgan fingerprint density at radius 3 is 2.58 bits per heavy atom. The van der Waals surface area contributed by atoms with E-state index < -0.39 is 4.92 Å². The van der Waals surface area contributed by atoms with E-state index in [1.807, 2.05) is 0 Å². The highest BCUT2D eigenvalue weighted by atomic mass is 127. The lowest BCUT2D eigenvalue weighted by Crippen LogP contribution is -2.43. The Hall–Kier alpha value is -1.46. The van der Waals surface area contributed by atoms with Crippen LogP contribution in [0.25, 0.3) is 0 Å². The molecule has 0 heterocycles. The molecule has 1 aromatic rings. The fourth-order valence-electron chi connectivity index (χ4n) is 2.72. The number of nitro groups is 1. The van der Waals surface area contributed by atoms with Gasteiger partial charge in [-0.05, 0) is 18.4 Å². The molecule has 0 unspecified atom stereocenters. The highest BCUT2D eigenvalue weighted by Gasteiger charge is 2.16. The number of ether oxygens (including phenoxy) is 1. The molecule has 1 aliphatic rings. The predicted molar refractivity (Wildman–Crippen MR) is 111 cm³/mol. The molecule has 3 N–H and O–H groups in total. The molecule has 8 nitrogen and oxygen atoms in total. The van der Waals surface area contributed by atoms with Gasteiger partial charge < -0.3 is 20.5 Å². The fraction of sp³-hybridized carbons (Fsp3) is 0.588. The number of aliphatic hydroxyl groups is 1. The van der Waals surface area contributed by atoms with Crippen molar-refractivity contribution in [1.82, 2.24) is 10.6 Å². The average Bonchev–Trinajstić information content (AvgIpc) is 3.12. The Bertz CT molecular complexity index is 562. The van der Waals surface area contributed by atoms with Crippen molar-refractivity contribution in [3.63, 3.8) is 0 Å². The fourth-order valence-corrected chi connectivity index (χ4v) is 2.72. The third-order valence-electron chi connectivity index (χ3n) is 4.04. The van der Waals surface area contributed by atoms with E-state index in [2.05, 4.69) is 15.6 Å². The molecular formula is C17H27IN4O4. The number of halogens is 1. The number of hydrogen-bond acceptors (Lipinski definition) is 5. The Morgan fingerprint density at radius 1 is 1.27 bits per heavy atom. The third kappa shape index (κ3) is 8.28. The summed E-state index contributed by atoms with van der Waals surface area (Å²) in [6, 6.07) is 6.86. The van der Waals surface area contributed by atoms with Crippen LogP contribution in [-0.4, -0.2) is 48.4 Å². The maximum Gasteiger partial charge on any atom is 0.269 e. The van der Waals surface area contributed by atoms with E-state index in [0.29, 0.717) is 32.3 Å². The number of aliphatic hydroxyl groups excluding tert-OH is 1. The van der Waals surface area contributed by atoms with E-state index >= 15 is 0 Å². The smallest absolute Gasteiger partial charge is 0.269 e. The van der Waals surface area contributed by atoms with Crippen molar-refractivity contribution in [2.45, 2.75) is 38.3 Å². The van der Waals surface area contributed by atoms with Crippen LogP contribution in [-0.2, 0) is 11.3 Å². The van der Waals surface area contributed by atoms with Gasteiger partial charge in [0.25, 0.3) is 5.69 Å². The number of nitro benzene ring substituents is 1. The van der Waals surface area contributed by atoms with Gasteiger partial charge >= 0.3 is 0 Å². The summed E-state index contributed by atoms with van der Waals surface area (Å²) in [6.07, 6.45) is 4.73. The molecule has 1 fully saturated rings. The molecule has 9 heteroatoms. The number of rotatable bonds is 9. The molecule has 1 aromatic carbocycles. The van der Waals surface area contributed by atoms with Crippen molar-refractivity contribution in [3.8, 4) is 0 Å². The first-order valence-electron chi connectivity index (χ1n) is 8.66. The maximum atomic E-state index is 10.7. The lowest BCUT2D eigenvalue weighted by molar-refractivity contribution is -0.384. The van der Waals surface area contributed by atoms with Gasteiger partial charge in [0.05, 0.1) is 31.3 Å². The van der Waals surface area contributed by atoms with Crippen molar-refractivity contribution < 1.29 is 14.8 Å². The second-order valence-electron chi connectivity index (χ2n) is 5.98. The van der Waals surface area contributed by atoms with Crippen LogP contribution in [0.4, 0.5) is 5.69 Å². The summed E-state index contributed by atoms with van der Waals surface area (Å²) in [5, 5.41) is 26.1. The number of aliphatic imine (C=N–C) groups is 1. The Morgan fingerprint density at radius 2 is 1.96 bits per heavy atom. The van der Waals surface area contributed by atoms with Crippen molar-refractivity contribution in [2.24, 2.45) is 4.99 Å². The molecule has 0 atom stereocenters. The summed E-state index contributed by atoms with van der Waals surface area (Å²) in [5.41, 5.74) is 0.992. The van der Waals surface area contributed by atoms with E-state index in [1.165, 1.54) is 25.0 Å². The SMILES string of the molecule is I.O=[N+]([O-])c1ccc(CN=C(NCCOCCO)NC2CCCC2)cc1. The van der Waals surface area contributed by atoms with Crippen molar-refractivity contribution >= 4 is 35.6 Å². The minimum atomic E-state index is -0.409. The third-order valence-corrected chi connectivity index (χ3v) is 4.04. The highest BCUT2D eigenvalue weighted by Crippen LogP contribution is 2.17. The lowest BCUT2D eigenvalue weighted by Gasteiger charge is -2.17. The minimum absolute atomic E-state index is 0. The molecule has 0 spiro atoms. The number of benzene rings is 1. The lowest BCUT2D eigenvalue weighted by atomic mass is 10.2. The van der Waals surface area contributed by atoms with E-state index in [-0.39, 0.29) is 36.3 Å². The van der Waals surface area contributed by atoms with Gasteiger partial charge in [-0.1, -0.05) is 25.0 Å². The average molecular weight is 478 g/mol. The van der Waals surface area contributed by atoms with E-state index in [0.717, 1.165) is 24.4 Å². The van der Waals surface area contributed by atoms with Crippen LogP contribution in [0, 0.1) is 10.1 Å². The molecule has 0 saturated heterocycles. The largest absolute Gasteiger partial charge is 0.394 e. The molecule has 2 rings (SSSR count). The molecule has 0 aliphatic heterocycles. The van der Waals surface area contributed by atoms with Crippen molar-refractivity contribution in [1.29, 1.82) is 0 Å². The number of nitrogens with one attached hydrogen (secondary N) is 2. The van der Waals surface area contributed by atoms with E-state index in [9.17, 15) is 10.1 Å². The monoisotopic (exact) mass is 478 g/mol. The van der Waals surface area contributed by atoms with Crippen molar-refractivity contribution in [2.75, 3.05) is 26.4 Å². The Balaban J connectivity index is 0.00000338. The second kappa shape index (κ2) is 12.8. The van der Waals surface area contributed by atoms with Gasteiger partial charge in [-0.3, -0.25) is 10.1 Å². The predicted octanol–water partition coefficient (Wildman–Crippen LogP) is 2.20. The Kier molecular flexibility index (Phi) is 11.1. The van der Waals surface area contributed by atoms with Crippen LogP contribution < -0.4 is 10.6 Å². The second-order valence-corrected chi connectivity index (χ2v) is 5.98. The number of non-ortho nitro benzene ring substituents is 1. The van der Waals surface area contributed by atoms with Gasteiger partial charge in [0.2, 0.25) is 0 Å². The molecule has 0 radical (unpaired) electrons. The van der Waals surface area contributed by atoms with Gasteiger partial charge in [0.15, 0.2) is 5.96 Å². The zero-order valence-corrected chi connectivity index (χ0v) is 17.1. The van der Waals surface area contributed by atoms with Crippen LogP contribution in [0.3, 0.4) is 0 Å². The standard InChI is InChI=1S/C17H26N4O4.HI/c22-10-12-25-11-9-18-17(20-15-3-1-2-4-15)19-13-14-5-7-16(8-6-14)21(23)24;/h5-8,15,22H,1-4,9-13H2,(H2,18,19,20);1H. The summed E-state index contributed by atoms with van der Waals surface area (Å²) >= 11 is 0. The normalized spacial score (nSPS) is 14.7. The van der Waals surface area contributed by atoms with Crippen LogP contribution in [0.2, 0.25) is 0 Å². The summed E-state index contributed by atoms with van der Waals surface area (Å²) < 4.78 is 5.24. The van der Waals surface area contributed by atoms with Gasteiger partial charge in [0.1, 0.15) is 0 Å². The highest BCUT2D eigenvalue weighted by molar-refractivity contribution is 14.0. The van der Waals surface area contributed by atoms with Gasteiger partial charge in [-0.15, -0.1) is 24.0 Å². The summed E-state index contributed by atoms with van der Waals surface area (Å²) in [5.74, 6) is 0.720.